The molecule has 12 heavy (non-hydrogen) atoms. The zero-order valence-electron chi connectivity index (χ0n) is 6.41. The summed E-state index contributed by atoms with van der Waals surface area (Å²) in [6, 6.07) is 0. The highest BCUT2D eigenvalue weighted by Crippen LogP contribution is 2.16. The van der Waals surface area contributed by atoms with Crippen molar-refractivity contribution in [1.29, 1.82) is 0 Å². The van der Waals surface area contributed by atoms with Crippen LogP contribution in [0, 0.1) is 0 Å². The van der Waals surface area contributed by atoms with Crippen LogP contribution >= 0.6 is 11.6 Å². The van der Waals surface area contributed by atoms with Gasteiger partial charge in [-0.2, -0.15) is 5.10 Å². The van der Waals surface area contributed by atoms with Gasteiger partial charge in [-0.05, 0) is 12.0 Å². The Morgan fingerprint density at radius 1 is 1.75 bits per heavy atom. The highest BCUT2D eigenvalue weighted by Gasteiger charge is 2.14. The summed E-state index contributed by atoms with van der Waals surface area (Å²) in [5, 5.41) is 15.7. The molecule has 1 N–H and O–H groups in total. The van der Waals surface area contributed by atoms with E-state index in [4.69, 9.17) is 16.7 Å². The third-order valence-electron chi connectivity index (χ3n) is 1.48. The molecule has 1 heterocycles. The fourth-order valence-electron chi connectivity index (χ4n) is 0.890. The van der Waals surface area contributed by atoms with Crippen LogP contribution in [0.5, 0.6) is 0 Å². The van der Waals surface area contributed by atoms with Gasteiger partial charge in [0.15, 0.2) is 5.15 Å². The topological polar surface area (TPSA) is 63.1 Å². The summed E-state index contributed by atoms with van der Waals surface area (Å²) in [5.74, 6) is -1.06. The molecule has 0 aliphatic heterocycles. The number of hydrogen-bond acceptors (Lipinski definition) is 3. The van der Waals surface area contributed by atoms with Crippen LogP contribution in [-0.2, 0) is 6.42 Å². The minimum Gasteiger partial charge on any atom is -0.478 e. The molecule has 1 aromatic heterocycles. The van der Waals surface area contributed by atoms with E-state index in [9.17, 15) is 4.79 Å². The van der Waals surface area contributed by atoms with Crippen molar-refractivity contribution in [3.05, 3.63) is 22.5 Å². The van der Waals surface area contributed by atoms with Crippen molar-refractivity contribution in [1.82, 2.24) is 10.2 Å². The molecule has 0 fully saturated rings. The molecule has 64 valence electrons. The average molecular weight is 187 g/mol. The first-order valence-corrected chi connectivity index (χ1v) is 3.78. The van der Waals surface area contributed by atoms with Crippen molar-refractivity contribution >= 4 is 17.6 Å². The summed E-state index contributed by atoms with van der Waals surface area (Å²) in [5.41, 5.74) is 0.650. The summed E-state index contributed by atoms with van der Waals surface area (Å²) < 4.78 is 0. The second-order valence-electron chi connectivity index (χ2n) is 2.19. The number of halogens is 1. The van der Waals surface area contributed by atoms with Crippen LogP contribution in [0.3, 0.4) is 0 Å². The van der Waals surface area contributed by atoms with Crippen LogP contribution < -0.4 is 0 Å². The van der Waals surface area contributed by atoms with Crippen LogP contribution in [0.25, 0.3) is 0 Å². The van der Waals surface area contributed by atoms with Crippen LogP contribution in [0.2, 0.25) is 5.15 Å². The van der Waals surface area contributed by atoms with Crippen molar-refractivity contribution in [2.24, 2.45) is 0 Å². The predicted octanol–water partition coefficient (Wildman–Crippen LogP) is 1.39. The van der Waals surface area contributed by atoms with Crippen molar-refractivity contribution in [3.8, 4) is 0 Å². The maximum Gasteiger partial charge on any atom is 0.339 e. The Hall–Kier alpha value is -1.16. The monoisotopic (exact) mass is 186 g/mol. The Bertz CT molecular complexity index is 314. The molecule has 0 amide bonds. The maximum absolute atomic E-state index is 10.6. The molecule has 0 atom stereocenters. The normalized spacial score (nSPS) is 9.83. The molecule has 0 spiro atoms. The molecule has 4 nitrogen and oxygen atoms in total. The van der Waals surface area contributed by atoms with Crippen molar-refractivity contribution in [2.45, 2.75) is 13.3 Å². The summed E-state index contributed by atoms with van der Waals surface area (Å²) in [7, 11) is 0. The number of carboxylic acid groups (broad SMARTS) is 1. The molecule has 0 saturated heterocycles. The van der Waals surface area contributed by atoms with E-state index < -0.39 is 5.97 Å². The molecule has 0 saturated carbocycles. The van der Waals surface area contributed by atoms with Gasteiger partial charge in [-0.1, -0.05) is 18.5 Å². The molecule has 0 aliphatic rings. The van der Waals surface area contributed by atoms with Gasteiger partial charge in [-0.15, -0.1) is 5.10 Å². The molecule has 0 bridgehead atoms. The van der Waals surface area contributed by atoms with Gasteiger partial charge in [0.05, 0.1) is 6.20 Å². The first-order chi connectivity index (χ1) is 5.66. The fourth-order valence-corrected chi connectivity index (χ4v) is 1.14. The molecule has 1 aromatic rings. The lowest BCUT2D eigenvalue weighted by Crippen LogP contribution is -2.05. The summed E-state index contributed by atoms with van der Waals surface area (Å²) in [6.45, 7) is 1.83. The number of rotatable bonds is 2. The van der Waals surface area contributed by atoms with E-state index in [1.165, 1.54) is 6.20 Å². The lowest BCUT2D eigenvalue weighted by Gasteiger charge is -2.01. The number of aromatic nitrogens is 2. The molecular weight excluding hydrogens is 180 g/mol. The van der Waals surface area contributed by atoms with E-state index in [1.54, 1.807) is 0 Å². The SMILES string of the molecule is CCc1cnnc(Cl)c1C(=O)O. The largest absolute Gasteiger partial charge is 0.478 e. The van der Waals surface area contributed by atoms with Crippen molar-refractivity contribution in [2.75, 3.05) is 0 Å². The fraction of sp³-hybridized carbons (Fsp3) is 0.286. The number of aryl methyl sites for hydroxylation is 1. The quantitative estimate of drug-likeness (QED) is 0.758. The molecule has 0 radical (unpaired) electrons. The molecule has 0 aromatic carbocycles. The number of nitrogens with zero attached hydrogens (tertiary/aromatic N) is 2. The predicted molar refractivity (Wildman–Crippen MR) is 43.4 cm³/mol. The third kappa shape index (κ3) is 1.53. The summed E-state index contributed by atoms with van der Waals surface area (Å²) >= 11 is 5.55. The van der Waals surface area contributed by atoms with E-state index in [-0.39, 0.29) is 10.7 Å². The summed E-state index contributed by atoms with van der Waals surface area (Å²) in [6.07, 6.45) is 1.99. The lowest BCUT2D eigenvalue weighted by atomic mass is 10.1. The van der Waals surface area contributed by atoms with E-state index in [0.717, 1.165) is 0 Å². The molecule has 5 heteroatoms. The highest BCUT2D eigenvalue weighted by atomic mass is 35.5. The lowest BCUT2D eigenvalue weighted by molar-refractivity contribution is 0.0695. The van der Waals surface area contributed by atoms with Crippen molar-refractivity contribution < 1.29 is 9.90 Å². The first kappa shape index (κ1) is 8.93. The zero-order valence-corrected chi connectivity index (χ0v) is 7.17. The van der Waals surface area contributed by atoms with Gasteiger partial charge in [-0.3, -0.25) is 0 Å². The minimum absolute atomic E-state index is 0.0502. The van der Waals surface area contributed by atoms with Crippen LogP contribution in [-0.4, -0.2) is 21.3 Å². The third-order valence-corrected chi connectivity index (χ3v) is 1.75. The van der Waals surface area contributed by atoms with Crippen molar-refractivity contribution in [3.63, 3.8) is 0 Å². The second kappa shape index (κ2) is 3.49. The Morgan fingerprint density at radius 3 is 2.83 bits per heavy atom. The number of aromatic carboxylic acids is 1. The van der Waals surface area contributed by atoms with Crippen LogP contribution in [0.4, 0.5) is 0 Å². The van der Waals surface area contributed by atoms with Gasteiger partial charge >= 0.3 is 5.97 Å². The Morgan fingerprint density at radius 2 is 2.42 bits per heavy atom. The van der Waals surface area contributed by atoms with Gasteiger partial charge in [0.1, 0.15) is 5.56 Å². The van der Waals surface area contributed by atoms with Gasteiger partial charge in [0.25, 0.3) is 0 Å². The Kier molecular flexibility index (Phi) is 2.60. The van der Waals surface area contributed by atoms with Crippen LogP contribution in [0.1, 0.15) is 22.8 Å². The van der Waals surface area contributed by atoms with Gasteiger partial charge in [0.2, 0.25) is 0 Å². The average Bonchev–Trinajstić information content (AvgIpc) is 2.03. The van der Waals surface area contributed by atoms with E-state index >= 15 is 0 Å². The van der Waals surface area contributed by atoms with Crippen LogP contribution in [0.15, 0.2) is 6.20 Å². The van der Waals surface area contributed by atoms with Gasteiger partial charge in [0, 0.05) is 0 Å². The summed E-state index contributed by atoms with van der Waals surface area (Å²) in [4.78, 5) is 10.6. The Labute approximate surface area is 74.2 Å². The van der Waals surface area contributed by atoms with Gasteiger partial charge < -0.3 is 5.11 Å². The molecule has 0 aliphatic carbocycles. The molecular formula is C7H7ClN2O2. The van der Waals surface area contributed by atoms with E-state index in [2.05, 4.69) is 10.2 Å². The minimum atomic E-state index is -1.06. The first-order valence-electron chi connectivity index (χ1n) is 3.40. The Balaban J connectivity index is 3.29. The molecule has 1 rings (SSSR count). The number of carbonyl (C=O) groups is 1. The van der Waals surface area contributed by atoms with E-state index in [1.807, 2.05) is 6.92 Å². The maximum atomic E-state index is 10.6. The second-order valence-corrected chi connectivity index (χ2v) is 2.55. The van der Waals surface area contributed by atoms with Gasteiger partial charge in [-0.25, -0.2) is 4.79 Å². The number of carboxylic acids is 1. The smallest absolute Gasteiger partial charge is 0.339 e. The number of hydrogen-bond donors (Lipinski definition) is 1. The molecule has 0 unspecified atom stereocenters. The standard InChI is InChI=1S/C7H7ClN2O2/c1-2-4-3-9-10-6(8)5(4)7(11)12/h3H,2H2,1H3,(H,11,12). The zero-order chi connectivity index (χ0) is 9.14. The highest BCUT2D eigenvalue weighted by molar-refractivity contribution is 6.32. The van der Waals surface area contributed by atoms with E-state index in [0.29, 0.717) is 12.0 Å².